The van der Waals surface area contributed by atoms with Crippen LogP contribution in [0.2, 0.25) is 0 Å². The van der Waals surface area contributed by atoms with E-state index in [1.54, 1.807) is 16.9 Å². The van der Waals surface area contributed by atoms with Gasteiger partial charge in [-0.05, 0) is 43.5 Å². The highest BCUT2D eigenvalue weighted by molar-refractivity contribution is 6.06. The van der Waals surface area contributed by atoms with E-state index in [-0.39, 0.29) is 24.5 Å². The number of carbonyl (C=O) groups excluding carboxylic acids is 1. The van der Waals surface area contributed by atoms with E-state index in [1.807, 2.05) is 50.2 Å². The Kier molecular flexibility index (Phi) is 4.96. The van der Waals surface area contributed by atoms with Gasteiger partial charge in [0.15, 0.2) is 11.5 Å². The molecule has 0 bridgehead atoms. The van der Waals surface area contributed by atoms with Crippen molar-refractivity contribution in [3.8, 4) is 0 Å². The van der Waals surface area contributed by atoms with E-state index in [1.165, 1.54) is 5.56 Å². The van der Waals surface area contributed by atoms with Crippen LogP contribution < -0.4 is 15.5 Å². The third-order valence-corrected chi connectivity index (χ3v) is 7.10. The molecule has 1 amide bonds. The van der Waals surface area contributed by atoms with Crippen LogP contribution >= 0.6 is 0 Å². The largest absolute Gasteiger partial charge is 0.396 e. The van der Waals surface area contributed by atoms with Crippen molar-refractivity contribution in [3.05, 3.63) is 72.1 Å². The number of rotatable bonds is 5. The summed E-state index contributed by atoms with van der Waals surface area (Å²) in [5, 5.41) is 20.7. The number of hydrogen-bond donors (Lipinski definition) is 3. The average molecular weight is 470 g/mol. The molecule has 4 heterocycles. The highest BCUT2D eigenvalue weighted by Crippen LogP contribution is 2.40. The molecule has 2 aliphatic rings. The Hall–Kier alpha value is -3.98. The lowest BCUT2D eigenvalue weighted by Crippen LogP contribution is -2.26. The summed E-state index contributed by atoms with van der Waals surface area (Å²) in [7, 11) is 0. The molecule has 2 atom stereocenters. The molecule has 2 aromatic heterocycles. The fourth-order valence-electron chi connectivity index (χ4n) is 5.14. The molecule has 4 aromatic rings. The summed E-state index contributed by atoms with van der Waals surface area (Å²) in [6, 6.07) is 16.2. The van der Waals surface area contributed by atoms with Crippen molar-refractivity contribution in [3.63, 3.8) is 0 Å². The van der Waals surface area contributed by atoms with Crippen LogP contribution in [-0.4, -0.2) is 43.7 Å². The van der Waals surface area contributed by atoms with Crippen molar-refractivity contribution in [2.24, 2.45) is 5.92 Å². The number of aliphatic hydroxyl groups is 1. The zero-order valence-electron chi connectivity index (χ0n) is 19.6. The van der Waals surface area contributed by atoms with E-state index >= 15 is 0 Å². The van der Waals surface area contributed by atoms with Gasteiger partial charge in [0.25, 0.3) is 0 Å². The quantitative estimate of drug-likeness (QED) is 0.409. The third kappa shape index (κ3) is 3.59. The minimum atomic E-state index is -0.548. The molecule has 0 aliphatic carbocycles. The molecule has 1 saturated heterocycles. The number of aromatic nitrogens is 4. The van der Waals surface area contributed by atoms with Gasteiger partial charge in [0.2, 0.25) is 11.9 Å². The van der Waals surface area contributed by atoms with Crippen LogP contribution in [0, 0.1) is 5.92 Å². The SMILES string of the molecule is CC1(C)C(=O)Nc2cc(Nc3nc4c(N5CC(CO)CC5c5ccccc5)nccn4n3)ccc21. The first-order chi connectivity index (χ1) is 16.9. The molecule has 0 spiro atoms. The van der Waals surface area contributed by atoms with Crippen LogP contribution in [0.15, 0.2) is 60.9 Å². The van der Waals surface area contributed by atoms with Gasteiger partial charge in [0.1, 0.15) is 0 Å². The fourth-order valence-corrected chi connectivity index (χ4v) is 5.14. The number of anilines is 4. The summed E-state index contributed by atoms with van der Waals surface area (Å²) in [4.78, 5) is 23.9. The Balaban J connectivity index is 1.33. The fraction of sp³-hybridized carbons (Fsp3) is 0.308. The molecular weight excluding hydrogens is 442 g/mol. The average Bonchev–Trinajstić information content (AvgIpc) is 3.53. The topological polar surface area (TPSA) is 108 Å². The van der Waals surface area contributed by atoms with Gasteiger partial charge in [-0.15, -0.1) is 5.10 Å². The number of amides is 1. The summed E-state index contributed by atoms with van der Waals surface area (Å²) < 4.78 is 1.72. The smallest absolute Gasteiger partial charge is 0.247 e. The van der Waals surface area contributed by atoms with Crippen LogP contribution in [0.3, 0.4) is 0 Å². The van der Waals surface area contributed by atoms with Gasteiger partial charge in [-0.25, -0.2) is 9.50 Å². The Bertz CT molecular complexity index is 1420. The van der Waals surface area contributed by atoms with Gasteiger partial charge < -0.3 is 20.6 Å². The standard InChI is InChI=1S/C26H27N7O2/c1-26(2)19-9-8-18(13-20(19)29-24(26)35)28-25-30-23-22(27-10-11-33(23)31-25)32-14-16(15-34)12-21(32)17-6-4-3-5-7-17/h3-11,13,16,21,34H,12,14-15H2,1-2H3,(H,28,31)(H,29,35). The number of nitrogens with one attached hydrogen (secondary N) is 2. The molecule has 9 nitrogen and oxygen atoms in total. The van der Waals surface area contributed by atoms with Crippen LogP contribution in [-0.2, 0) is 10.2 Å². The number of carbonyl (C=O) groups is 1. The second-order valence-electron chi connectivity index (χ2n) is 9.78. The lowest BCUT2D eigenvalue weighted by molar-refractivity contribution is -0.119. The third-order valence-electron chi connectivity index (χ3n) is 7.10. The monoisotopic (exact) mass is 469 g/mol. The lowest BCUT2D eigenvalue weighted by Gasteiger charge is -2.26. The van der Waals surface area contributed by atoms with Gasteiger partial charge in [-0.1, -0.05) is 36.4 Å². The minimum absolute atomic E-state index is 0.00834. The molecule has 1 fully saturated rings. The minimum Gasteiger partial charge on any atom is -0.396 e. The summed E-state index contributed by atoms with van der Waals surface area (Å²) in [5.41, 5.74) is 3.85. The highest BCUT2D eigenvalue weighted by atomic mass is 16.3. The molecule has 178 valence electrons. The van der Waals surface area contributed by atoms with Crippen molar-refractivity contribution in [1.29, 1.82) is 0 Å². The van der Waals surface area contributed by atoms with Gasteiger partial charge >= 0.3 is 0 Å². The zero-order chi connectivity index (χ0) is 24.2. The van der Waals surface area contributed by atoms with Gasteiger partial charge in [-0.3, -0.25) is 4.79 Å². The van der Waals surface area contributed by atoms with Gasteiger partial charge in [-0.2, -0.15) is 4.98 Å². The van der Waals surface area contributed by atoms with Crippen LogP contribution in [0.1, 0.15) is 37.4 Å². The Morgan fingerprint density at radius 2 is 2.03 bits per heavy atom. The van der Waals surface area contributed by atoms with E-state index in [9.17, 15) is 9.90 Å². The second-order valence-corrected chi connectivity index (χ2v) is 9.78. The molecule has 0 radical (unpaired) electrons. The maximum Gasteiger partial charge on any atom is 0.247 e. The predicted molar refractivity (Wildman–Crippen MR) is 134 cm³/mol. The number of hydrogen-bond acceptors (Lipinski definition) is 7. The van der Waals surface area contributed by atoms with E-state index in [0.717, 1.165) is 29.2 Å². The van der Waals surface area contributed by atoms with Gasteiger partial charge in [0.05, 0.1) is 11.5 Å². The molecule has 2 unspecified atom stereocenters. The molecule has 35 heavy (non-hydrogen) atoms. The Morgan fingerprint density at radius 1 is 1.20 bits per heavy atom. The highest BCUT2D eigenvalue weighted by Gasteiger charge is 2.38. The van der Waals surface area contributed by atoms with Crippen molar-refractivity contribution in [2.45, 2.75) is 31.7 Å². The lowest BCUT2D eigenvalue weighted by atomic mass is 9.86. The number of fused-ring (bicyclic) bond motifs is 2. The molecule has 0 saturated carbocycles. The molecule has 3 N–H and O–H groups in total. The number of aliphatic hydroxyl groups excluding tert-OH is 1. The molecule has 2 aromatic carbocycles. The normalized spacial score (nSPS) is 20.8. The maximum absolute atomic E-state index is 12.3. The van der Waals surface area contributed by atoms with Crippen molar-refractivity contribution < 1.29 is 9.90 Å². The van der Waals surface area contributed by atoms with E-state index < -0.39 is 5.41 Å². The summed E-state index contributed by atoms with van der Waals surface area (Å²) in [6.07, 6.45) is 4.35. The van der Waals surface area contributed by atoms with Crippen LogP contribution in [0.4, 0.5) is 23.1 Å². The number of benzene rings is 2. The molecular formula is C26H27N7O2. The summed E-state index contributed by atoms with van der Waals surface area (Å²) >= 11 is 0. The van der Waals surface area contributed by atoms with Gasteiger partial charge in [0, 0.05) is 42.8 Å². The van der Waals surface area contributed by atoms with Crippen molar-refractivity contribution >= 4 is 34.7 Å². The Morgan fingerprint density at radius 3 is 2.83 bits per heavy atom. The first-order valence-corrected chi connectivity index (χ1v) is 11.8. The first kappa shape index (κ1) is 21.5. The predicted octanol–water partition coefficient (Wildman–Crippen LogP) is 3.66. The zero-order valence-corrected chi connectivity index (χ0v) is 19.6. The second kappa shape index (κ2) is 8.06. The van der Waals surface area contributed by atoms with E-state index in [2.05, 4.69) is 37.7 Å². The summed E-state index contributed by atoms with van der Waals surface area (Å²) in [5.74, 6) is 1.33. The van der Waals surface area contributed by atoms with E-state index in [4.69, 9.17) is 4.98 Å². The maximum atomic E-state index is 12.3. The molecule has 9 heteroatoms. The first-order valence-electron chi connectivity index (χ1n) is 11.8. The van der Waals surface area contributed by atoms with Crippen LogP contribution in [0.5, 0.6) is 0 Å². The number of nitrogens with zero attached hydrogens (tertiary/aromatic N) is 5. The molecule has 6 rings (SSSR count). The summed E-state index contributed by atoms with van der Waals surface area (Å²) in [6.45, 7) is 4.66. The van der Waals surface area contributed by atoms with Crippen LogP contribution in [0.25, 0.3) is 5.65 Å². The van der Waals surface area contributed by atoms with Crippen molar-refractivity contribution in [2.75, 3.05) is 28.7 Å². The van der Waals surface area contributed by atoms with E-state index in [0.29, 0.717) is 18.1 Å². The Labute approximate surface area is 202 Å². The van der Waals surface area contributed by atoms with Crippen molar-refractivity contribution in [1.82, 2.24) is 19.6 Å². The molecule has 2 aliphatic heterocycles.